The molecule has 50 heavy (non-hydrogen) atoms. The molecule has 8 heteroatoms. The molecule has 0 unspecified atom stereocenters. The van der Waals surface area contributed by atoms with Gasteiger partial charge in [0.1, 0.15) is 0 Å². The molecule has 3 aromatic carbocycles. The van der Waals surface area contributed by atoms with E-state index in [-0.39, 0.29) is 67.9 Å². The van der Waals surface area contributed by atoms with Crippen molar-refractivity contribution in [3.05, 3.63) is 205 Å². The van der Waals surface area contributed by atoms with E-state index < -0.39 is 0 Å². The molecule has 7 aromatic rings. The quantitative estimate of drug-likeness (QED) is 0.122. The summed E-state index contributed by atoms with van der Waals surface area (Å²) < 4.78 is 8.95. The number of aromatic nitrogens is 4. The maximum absolute atomic E-state index is 2.26. The summed E-state index contributed by atoms with van der Waals surface area (Å²) in [5, 5.41) is 0. The smallest absolute Gasteiger partial charge is 0.174 e. The van der Waals surface area contributed by atoms with Gasteiger partial charge in [-0.25, -0.2) is 18.3 Å². The predicted molar refractivity (Wildman–Crippen MR) is 180 cm³/mol. The summed E-state index contributed by atoms with van der Waals surface area (Å²) in [5.41, 5.74) is 10.1. The molecule has 0 bridgehead atoms. The molecule has 4 aromatic heterocycles. The molecule has 0 aliphatic rings. The van der Waals surface area contributed by atoms with Crippen molar-refractivity contribution in [1.82, 2.24) is 0 Å². The maximum atomic E-state index is 2.26. The fourth-order valence-electron chi connectivity index (χ4n) is 5.87. The van der Waals surface area contributed by atoms with Gasteiger partial charge in [0.2, 0.25) is 0 Å². The number of pyridine rings is 4. The van der Waals surface area contributed by atoms with Gasteiger partial charge in [-0.1, -0.05) is 84.9 Å². The third kappa shape index (κ3) is 10.8. The van der Waals surface area contributed by atoms with Crippen LogP contribution in [-0.4, -0.2) is 0 Å². The lowest BCUT2D eigenvalue weighted by Gasteiger charge is -2.06. The molecule has 4 heterocycles. The van der Waals surface area contributed by atoms with Crippen LogP contribution in [0.15, 0.2) is 183 Å². The van der Waals surface area contributed by atoms with Crippen LogP contribution in [0.25, 0.3) is 22.3 Å². The number of hydrogen-bond donors (Lipinski definition) is 0. The fourth-order valence-corrected chi connectivity index (χ4v) is 5.87. The Morgan fingerprint density at radius 3 is 0.780 bits per heavy atom. The van der Waals surface area contributed by atoms with Gasteiger partial charge in [-0.2, -0.15) is 0 Å². The van der Waals surface area contributed by atoms with Crippen molar-refractivity contribution >= 4 is 0 Å². The van der Waals surface area contributed by atoms with Gasteiger partial charge in [0.25, 0.3) is 0 Å². The van der Waals surface area contributed by atoms with Crippen LogP contribution in [0.4, 0.5) is 0 Å². The summed E-state index contributed by atoms with van der Waals surface area (Å²) in [4.78, 5) is 0. The molecule has 0 N–H and O–H groups in total. The van der Waals surface area contributed by atoms with Crippen molar-refractivity contribution in [2.75, 3.05) is 0 Å². The van der Waals surface area contributed by atoms with Crippen LogP contribution in [0.1, 0.15) is 22.3 Å². The molecule has 0 radical (unpaired) electrons. The first-order chi connectivity index (χ1) is 22.7. The van der Waals surface area contributed by atoms with Crippen LogP contribution in [-0.2, 0) is 26.2 Å². The Balaban J connectivity index is 0.00000169. The van der Waals surface area contributed by atoms with E-state index in [4.69, 9.17) is 0 Å². The van der Waals surface area contributed by atoms with Crippen LogP contribution in [0.2, 0.25) is 0 Å². The minimum Gasteiger partial charge on any atom is -1.00 e. The van der Waals surface area contributed by atoms with E-state index in [9.17, 15) is 0 Å². The number of rotatable bonds is 10. The lowest BCUT2D eigenvalue weighted by molar-refractivity contribution is -0.693. The van der Waals surface area contributed by atoms with E-state index in [0.29, 0.717) is 0 Å². The van der Waals surface area contributed by atoms with Crippen LogP contribution in [0.5, 0.6) is 0 Å². The van der Waals surface area contributed by atoms with Crippen LogP contribution < -0.4 is 86.2 Å². The Kier molecular flexibility index (Phi) is 16.4. The molecule has 0 fully saturated rings. The first kappa shape index (κ1) is 40.6. The van der Waals surface area contributed by atoms with Gasteiger partial charge in [-0.3, -0.25) is 0 Å². The Morgan fingerprint density at radius 2 is 0.500 bits per heavy atom. The van der Waals surface area contributed by atoms with E-state index in [1.807, 2.05) is 0 Å². The molecular weight excluding hydrogens is 880 g/mol. The van der Waals surface area contributed by atoms with Crippen molar-refractivity contribution in [2.24, 2.45) is 0 Å². The van der Waals surface area contributed by atoms with Gasteiger partial charge in [0.15, 0.2) is 75.8 Å². The third-order valence-electron chi connectivity index (χ3n) is 8.47. The largest absolute Gasteiger partial charge is 1.00 e. The molecule has 0 aliphatic heterocycles. The molecule has 0 amide bonds. The van der Waals surface area contributed by atoms with Gasteiger partial charge in [-0.15, -0.1) is 0 Å². The second kappa shape index (κ2) is 20.1. The van der Waals surface area contributed by atoms with Crippen LogP contribution >= 0.6 is 0 Å². The molecule has 7 rings (SSSR count). The van der Waals surface area contributed by atoms with Crippen molar-refractivity contribution in [1.29, 1.82) is 0 Å². The van der Waals surface area contributed by atoms with E-state index >= 15 is 0 Å². The first-order valence-corrected chi connectivity index (χ1v) is 15.9. The molecule has 0 aliphatic carbocycles. The highest BCUT2D eigenvalue weighted by Gasteiger charge is 2.13. The SMILES string of the molecule is [Br-].[Br-].[Br-].[Br-].c1ccc(C[n+]2ccc(-c3cc[n+](Cc4ccccc4C[n+]4ccc(-c5cc[n+](Cc6ccccc6)cc5)cc4)cc3)cc2)cc1. The number of hydrogen-bond acceptors (Lipinski definition) is 0. The van der Waals surface area contributed by atoms with Crippen molar-refractivity contribution < 1.29 is 86.2 Å². The van der Waals surface area contributed by atoms with E-state index in [0.717, 1.165) is 26.2 Å². The number of nitrogens with zero attached hydrogens (tertiary/aromatic N) is 4. The molecule has 0 spiro atoms. The Labute approximate surface area is 337 Å². The highest BCUT2D eigenvalue weighted by atomic mass is 79.9. The highest BCUT2D eigenvalue weighted by molar-refractivity contribution is 5.61. The Morgan fingerprint density at radius 1 is 0.260 bits per heavy atom. The first-order valence-electron chi connectivity index (χ1n) is 15.9. The van der Waals surface area contributed by atoms with E-state index in [1.165, 1.54) is 44.5 Å². The second-order valence-corrected chi connectivity index (χ2v) is 11.8. The molecule has 0 saturated heterocycles. The summed E-state index contributed by atoms with van der Waals surface area (Å²) in [5.74, 6) is 0. The zero-order valence-electron chi connectivity index (χ0n) is 27.4. The minimum atomic E-state index is 0. The van der Waals surface area contributed by atoms with Crippen molar-refractivity contribution in [3.8, 4) is 22.3 Å². The van der Waals surface area contributed by atoms with E-state index in [2.05, 4.69) is 201 Å². The standard InChI is InChI=1S/C42H38N4.4BrH/c1-3-9-35(10-4-1)31-43-23-15-37(16-24-43)39-19-27-45(28-20-39)33-41-13-7-8-14-42(41)34-46-29-21-40(22-30-46)38-17-25-44(26-18-38)32-36-11-5-2-6-12-36;;;;/h1-30H,31-34H2;4*1H/q+4;;;;/p-4. The van der Waals surface area contributed by atoms with Gasteiger partial charge >= 0.3 is 0 Å². The molecule has 4 nitrogen and oxygen atoms in total. The van der Waals surface area contributed by atoms with Crippen molar-refractivity contribution in [3.63, 3.8) is 0 Å². The summed E-state index contributed by atoms with van der Waals surface area (Å²) in [6, 6.07) is 47.5. The Hall–Kier alpha value is -3.82. The zero-order chi connectivity index (χ0) is 31.0. The summed E-state index contributed by atoms with van der Waals surface area (Å²) in [7, 11) is 0. The monoisotopic (exact) mass is 914 g/mol. The number of benzene rings is 3. The molecule has 0 saturated carbocycles. The van der Waals surface area contributed by atoms with Gasteiger partial charge in [-0.05, 0) is 22.3 Å². The zero-order valence-corrected chi connectivity index (χ0v) is 33.8. The predicted octanol–water partition coefficient (Wildman–Crippen LogP) is -5.62. The lowest BCUT2D eigenvalue weighted by Crippen LogP contribution is -3.00. The van der Waals surface area contributed by atoms with Gasteiger partial charge in [0, 0.05) is 70.8 Å². The van der Waals surface area contributed by atoms with Crippen LogP contribution in [0.3, 0.4) is 0 Å². The van der Waals surface area contributed by atoms with Gasteiger partial charge in [0.05, 0.1) is 0 Å². The fraction of sp³-hybridized carbons (Fsp3) is 0.0952. The Bertz CT molecular complexity index is 1860. The minimum absolute atomic E-state index is 0. The average Bonchev–Trinajstić information content (AvgIpc) is 3.11. The average molecular weight is 918 g/mol. The summed E-state index contributed by atoms with van der Waals surface area (Å²) in [6.07, 6.45) is 17.4. The maximum Gasteiger partial charge on any atom is 0.174 e. The lowest BCUT2D eigenvalue weighted by atomic mass is 10.1. The summed E-state index contributed by atoms with van der Waals surface area (Å²) in [6.45, 7) is 3.41. The third-order valence-corrected chi connectivity index (χ3v) is 8.47. The molecular formula is C42H38Br4N4. The normalized spacial score (nSPS) is 10.1. The molecule has 254 valence electrons. The molecule has 0 atom stereocenters. The topological polar surface area (TPSA) is 15.5 Å². The van der Waals surface area contributed by atoms with E-state index in [1.54, 1.807) is 0 Å². The van der Waals surface area contributed by atoms with Crippen molar-refractivity contribution in [2.45, 2.75) is 26.2 Å². The highest BCUT2D eigenvalue weighted by Crippen LogP contribution is 2.18. The summed E-state index contributed by atoms with van der Waals surface area (Å²) >= 11 is 0. The second-order valence-electron chi connectivity index (χ2n) is 11.8. The number of halogens is 4. The van der Waals surface area contributed by atoms with Gasteiger partial charge < -0.3 is 67.9 Å². The van der Waals surface area contributed by atoms with Crippen LogP contribution in [0, 0.1) is 0 Å².